The van der Waals surface area contributed by atoms with E-state index in [4.69, 9.17) is 9.57 Å². The van der Waals surface area contributed by atoms with Gasteiger partial charge < -0.3 is 9.84 Å². The molecule has 1 aromatic heterocycles. The number of aryl methyl sites for hydroxylation is 1. The van der Waals surface area contributed by atoms with Gasteiger partial charge in [-0.15, -0.1) is 0 Å². The van der Waals surface area contributed by atoms with Crippen molar-refractivity contribution >= 4 is 17.0 Å². The molecule has 2 N–H and O–H groups in total. The lowest BCUT2D eigenvalue weighted by Crippen LogP contribution is -2.42. The SMILES string of the molecule is C=C(NOCCOc1ccc(Cc2sc(=O)n(C(c3ccccc3)(c3ccccc3)c3ccccc3)c2O)cc1)c1ccc(-c2ccc(C)cc2)cc1. The van der Waals surface area contributed by atoms with Crippen molar-refractivity contribution < 1.29 is 14.7 Å². The minimum absolute atomic E-state index is 0.0506. The molecule has 0 bridgehead atoms. The van der Waals surface area contributed by atoms with Gasteiger partial charge in [0.1, 0.15) is 24.5 Å². The summed E-state index contributed by atoms with van der Waals surface area (Å²) in [6, 6.07) is 54.0. The summed E-state index contributed by atoms with van der Waals surface area (Å²) in [4.78, 5) is 20.0. The van der Waals surface area contributed by atoms with Crippen LogP contribution >= 0.6 is 11.3 Å². The third-order valence-electron chi connectivity index (χ3n) is 9.32. The number of rotatable bonds is 14. The third-order valence-corrected chi connectivity index (χ3v) is 10.3. The standard InChI is InChI=1S/C46H40N2O4S/c1-33-18-22-37(23-19-33)38-26-24-36(25-27-38)34(2)47-52-31-30-51-42-28-20-35(21-29-42)32-43-44(49)48(45(50)53-43)46(39-12-6-3-7-13-39,40-14-8-4-9-15-40)41-16-10-5-11-17-41/h3-29,47,49H,2,30-32H2,1H3. The number of hydrogen-bond acceptors (Lipinski definition) is 6. The first kappa shape index (κ1) is 35.3. The first-order chi connectivity index (χ1) is 25.9. The molecule has 0 fully saturated rings. The predicted molar refractivity (Wildman–Crippen MR) is 214 cm³/mol. The summed E-state index contributed by atoms with van der Waals surface area (Å²) in [5.74, 6) is 0.638. The van der Waals surface area contributed by atoms with Gasteiger partial charge in [-0.2, -0.15) is 0 Å². The Morgan fingerprint density at radius 2 is 1.21 bits per heavy atom. The summed E-state index contributed by atoms with van der Waals surface area (Å²) in [5, 5.41) is 11.9. The molecule has 7 rings (SSSR count). The number of aromatic nitrogens is 1. The quantitative estimate of drug-likeness (QED) is 0.0667. The van der Waals surface area contributed by atoms with Crippen LogP contribution in [0.5, 0.6) is 11.6 Å². The Bertz CT molecular complexity index is 2220. The molecular formula is C46H40N2O4S. The van der Waals surface area contributed by atoms with Crippen LogP contribution in [-0.4, -0.2) is 22.9 Å². The second-order valence-corrected chi connectivity index (χ2v) is 13.8. The lowest BCUT2D eigenvalue weighted by Gasteiger charge is -2.37. The first-order valence-corrected chi connectivity index (χ1v) is 18.3. The number of ether oxygens (including phenoxy) is 1. The van der Waals surface area contributed by atoms with E-state index >= 15 is 0 Å². The van der Waals surface area contributed by atoms with Gasteiger partial charge in [0.05, 0.1) is 10.6 Å². The fourth-order valence-electron chi connectivity index (χ4n) is 6.64. The highest BCUT2D eigenvalue weighted by Crippen LogP contribution is 2.43. The second-order valence-electron chi connectivity index (χ2n) is 12.8. The van der Waals surface area contributed by atoms with Gasteiger partial charge in [0.2, 0.25) is 5.88 Å². The van der Waals surface area contributed by atoms with E-state index in [9.17, 15) is 9.90 Å². The third kappa shape index (κ3) is 7.58. The van der Waals surface area contributed by atoms with Crippen LogP contribution in [0.2, 0.25) is 0 Å². The average Bonchev–Trinajstić information content (AvgIpc) is 3.48. The first-order valence-electron chi connectivity index (χ1n) is 17.5. The number of nitrogens with one attached hydrogen (secondary N) is 1. The minimum Gasteiger partial charge on any atom is -0.494 e. The van der Waals surface area contributed by atoms with Crippen LogP contribution in [0.1, 0.15) is 38.3 Å². The Kier molecular flexibility index (Phi) is 10.7. The van der Waals surface area contributed by atoms with Crippen LogP contribution in [0.4, 0.5) is 0 Å². The van der Waals surface area contributed by atoms with E-state index < -0.39 is 5.54 Å². The highest BCUT2D eigenvalue weighted by Gasteiger charge is 2.42. The summed E-state index contributed by atoms with van der Waals surface area (Å²) < 4.78 is 7.46. The van der Waals surface area contributed by atoms with E-state index in [0.717, 1.165) is 44.7 Å². The molecule has 1 heterocycles. The fourth-order valence-corrected chi connectivity index (χ4v) is 7.59. The molecule has 0 aliphatic rings. The van der Waals surface area contributed by atoms with Gasteiger partial charge in [-0.3, -0.25) is 19.7 Å². The molecule has 0 aliphatic carbocycles. The second kappa shape index (κ2) is 16.0. The summed E-state index contributed by atoms with van der Waals surface area (Å²) in [5.41, 5.74) is 10.5. The van der Waals surface area contributed by atoms with E-state index in [1.165, 1.54) is 11.1 Å². The molecule has 0 saturated heterocycles. The average molecular weight is 717 g/mol. The molecule has 0 radical (unpaired) electrons. The lowest BCUT2D eigenvalue weighted by molar-refractivity contribution is 0.0541. The summed E-state index contributed by atoms with van der Waals surface area (Å²) in [6.07, 6.45) is 0.384. The molecule has 0 saturated carbocycles. The number of hydrogen-bond donors (Lipinski definition) is 2. The van der Waals surface area contributed by atoms with E-state index in [1.807, 2.05) is 127 Å². The van der Waals surface area contributed by atoms with Gasteiger partial charge in [0.15, 0.2) is 0 Å². The maximum atomic E-state index is 14.0. The molecule has 53 heavy (non-hydrogen) atoms. The number of thiazole rings is 1. The van der Waals surface area contributed by atoms with Crippen LogP contribution in [0.3, 0.4) is 0 Å². The van der Waals surface area contributed by atoms with Crippen molar-refractivity contribution in [3.8, 4) is 22.8 Å². The molecule has 0 amide bonds. The molecule has 7 aromatic rings. The van der Waals surface area contributed by atoms with Crippen molar-refractivity contribution in [1.82, 2.24) is 10.0 Å². The van der Waals surface area contributed by atoms with Crippen molar-refractivity contribution in [2.24, 2.45) is 0 Å². The van der Waals surface area contributed by atoms with E-state index in [-0.39, 0.29) is 10.8 Å². The van der Waals surface area contributed by atoms with Crippen molar-refractivity contribution in [2.45, 2.75) is 18.9 Å². The molecule has 6 nitrogen and oxygen atoms in total. The zero-order chi connectivity index (χ0) is 36.6. The van der Waals surface area contributed by atoms with E-state index in [1.54, 1.807) is 4.57 Å². The Morgan fingerprint density at radius 3 is 1.74 bits per heavy atom. The maximum absolute atomic E-state index is 14.0. The van der Waals surface area contributed by atoms with Crippen LogP contribution in [0.15, 0.2) is 175 Å². The van der Waals surface area contributed by atoms with Crippen molar-refractivity contribution in [3.63, 3.8) is 0 Å². The Hall–Kier alpha value is -6.15. The van der Waals surface area contributed by atoms with Crippen molar-refractivity contribution in [3.05, 3.63) is 218 Å². The summed E-state index contributed by atoms with van der Waals surface area (Å²) in [7, 11) is 0. The molecule has 0 spiro atoms. The molecule has 264 valence electrons. The van der Waals surface area contributed by atoms with Crippen molar-refractivity contribution in [1.29, 1.82) is 0 Å². The van der Waals surface area contributed by atoms with Gasteiger partial charge in [-0.1, -0.05) is 175 Å². The zero-order valence-electron chi connectivity index (χ0n) is 29.4. The highest BCUT2D eigenvalue weighted by molar-refractivity contribution is 7.09. The normalized spacial score (nSPS) is 11.3. The number of nitrogens with zero attached hydrogens (tertiary/aromatic N) is 1. The van der Waals surface area contributed by atoms with Crippen LogP contribution in [0.25, 0.3) is 16.8 Å². The number of aromatic hydroxyl groups is 1. The highest BCUT2D eigenvalue weighted by atomic mass is 32.1. The molecular weight excluding hydrogens is 677 g/mol. The molecule has 0 aliphatic heterocycles. The monoisotopic (exact) mass is 716 g/mol. The summed E-state index contributed by atoms with van der Waals surface area (Å²) >= 11 is 1.07. The Labute approximate surface area is 313 Å². The lowest BCUT2D eigenvalue weighted by atomic mass is 9.76. The predicted octanol–water partition coefficient (Wildman–Crippen LogP) is 9.59. The van der Waals surface area contributed by atoms with E-state index in [0.29, 0.717) is 36.0 Å². The number of benzene rings is 6. The van der Waals surface area contributed by atoms with Crippen LogP contribution < -0.4 is 15.1 Å². The van der Waals surface area contributed by atoms with E-state index in [2.05, 4.69) is 55.4 Å². The van der Waals surface area contributed by atoms with Gasteiger partial charge in [0.25, 0.3) is 0 Å². The van der Waals surface area contributed by atoms with Gasteiger partial charge in [0, 0.05) is 6.42 Å². The largest absolute Gasteiger partial charge is 0.494 e. The molecule has 7 heteroatoms. The van der Waals surface area contributed by atoms with Crippen LogP contribution in [0, 0.1) is 6.92 Å². The molecule has 0 unspecified atom stereocenters. The topological polar surface area (TPSA) is 72.7 Å². The maximum Gasteiger partial charge on any atom is 0.311 e. The van der Waals surface area contributed by atoms with Gasteiger partial charge in [-0.05, 0) is 58.0 Å². The van der Waals surface area contributed by atoms with Gasteiger partial charge >= 0.3 is 4.87 Å². The Balaban J connectivity index is 1.00. The van der Waals surface area contributed by atoms with Gasteiger partial charge in [-0.25, -0.2) is 0 Å². The molecule has 6 aromatic carbocycles. The minimum atomic E-state index is -1.09. The van der Waals surface area contributed by atoms with Crippen molar-refractivity contribution in [2.75, 3.05) is 13.2 Å². The summed E-state index contributed by atoms with van der Waals surface area (Å²) in [6.45, 7) is 6.82. The smallest absolute Gasteiger partial charge is 0.311 e. The fraction of sp³-hybridized carbons (Fsp3) is 0.109. The van der Waals surface area contributed by atoms with Crippen LogP contribution in [-0.2, 0) is 16.8 Å². The zero-order valence-corrected chi connectivity index (χ0v) is 30.3. The Morgan fingerprint density at radius 1 is 0.698 bits per heavy atom. The molecule has 0 atom stereocenters. The number of hydroxylamine groups is 1.